The highest BCUT2D eigenvalue weighted by Crippen LogP contribution is 2.52. The number of aliphatic hydroxyl groups excluding tert-OH is 2. The Morgan fingerprint density at radius 3 is 1.57 bits per heavy atom. The van der Waals surface area contributed by atoms with Crippen LogP contribution in [0.2, 0.25) is 0 Å². The first-order valence-electron chi connectivity index (χ1n) is 24.6. The van der Waals surface area contributed by atoms with Gasteiger partial charge in [-0.05, 0) is 90.1 Å². The summed E-state index contributed by atoms with van der Waals surface area (Å²) >= 11 is 0. The van der Waals surface area contributed by atoms with Crippen molar-refractivity contribution in [2.24, 2.45) is 0 Å². The fourth-order valence-corrected chi connectivity index (χ4v) is 11.5. The Hall–Kier alpha value is -7.79. The van der Waals surface area contributed by atoms with Gasteiger partial charge in [-0.3, -0.25) is 18.6 Å². The van der Waals surface area contributed by atoms with Gasteiger partial charge < -0.3 is 59.1 Å². The van der Waals surface area contributed by atoms with Crippen molar-refractivity contribution in [1.82, 2.24) is 39.4 Å². The quantitative estimate of drug-likeness (QED) is 0.0354. The topological polar surface area (TPSA) is 402 Å². The van der Waals surface area contributed by atoms with Gasteiger partial charge in [0.2, 0.25) is 11.2 Å². The normalized spacial score (nSPS) is 25.4. The fraction of sp³-hybridized carbons (Fsp3) is 0.408. The first-order valence-corrected chi connectivity index (χ1v) is 27.6. The maximum atomic E-state index is 14.0. The van der Waals surface area contributed by atoms with Gasteiger partial charge in [0.05, 0.1) is 23.6 Å². The summed E-state index contributed by atoms with van der Waals surface area (Å²) in [5.41, 5.74) is 9.22. The third-order valence-electron chi connectivity index (χ3n) is 12.2. The zero-order valence-corrected chi connectivity index (χ0v) is 45.4. The van der Waals surface area contributed by atoms with Gasteiger partial charge in [0.15, 0.2) is 23.8 Å². The van der Waals surface area contributed by atoms with Crippen LogP contribution in [0.25, 0.3) is 11.0 Å². The number of aliphatic hydroxyl groups is 2. The second-order valence-corrected chi connectivity index (χ2v) is 22.2. The van der Waals surface area contributed by atoms with E-state index in [1.54, 1.807) is 88.4 Å². The second kappa shape index (κ2) is 23.9. The summed E-state index contributed by atoms with van der Waals surface area (Å²) in [7, 11) is -8.78. The predicted octanol–water partition coefficient (Wildman–Crippen LogP) is 4.18. The number of fused-ring (bicyclic) bond motifs is 3. The van der Waals surface area contributed by atoms with E-state index in [9.17, 15) is 44.3 Å². The van der Waals surface area contributed by atoms with Gasteiger partial charge >= 0.3 is 33.6 Å². The van der Waals surface area contributed by atoms with Crippen molar-refractivity contribution in [3.63, 3.8) is 0 Å². The van der Waals surface area contributed by atoms with E-state index in [0.717, 1.165) is 0 Å². The van der Waals surface area contributed by atoms with E-state index in [4.69, 9.17) is 58.0 Å². The predicted molar refractivity (Wildman–Crippen MR) is 275 cm³/mol. The zero-order chi connectivity index (χ0) is 57.7. The number of aromatic nitrogens is 6. The van der Waals surface area contributed by atoms with Crippen LogP contribution in [0.15, 0.2) is 97.6 Å². The summed E-state index contributed by atoms with van der Waals surface area (Å²) in [5, 5.41) is 55.4. The smallest absolute Gasteiger partial charge is 0.462 e. The molecule has 0 aliphatic carbocycles. The van der Waals surface area contributed by atoms with Crippen molar-refractivity contribution in [2.45, 2.75) is 114 Å². The Labute approximate surface area is 456 Å². The lowest BCUT2D eigenvalue weighted by molar-refractivity contribution is -0.150. The van der Waals surface area contributed by atoms with Crippen LogP contribution in [0.5, 0.6) is 11.5 Å². The molecule has 0 bridgehead atoms. The monoisotopic (exact) mass is 1150 g/mol. The number of rotatable bonds is 20. The minimum absolute atomic E-state index is 0.145. The molecule has 6 aromatic rings. The fourth-order valence-electron chi connectivity index (χ4n) is 8.47. The van der Waals surface area contributed by atoms with Crippen LogP contribution in [0.4, 0.5) is 16.4 Å². The molecule has 0 spiro atoms. The van der Waals surface area contributed by atoms with E-state index in [1.165, 1.54) is 59.8 Å². The summed E-state index contributed by atoms with van der Waals surface area (Å²) in [4.78, 5) is 44.9. The third kappa shape index (κ3) is 12.5. The van der Waals surface area contributed by atoms with Crippen LogP contribution in [0.1, 0.15) is 65.1 Å². The summed E-state index contributed by atoms with van der Waals surface area (Å²) in [5.74, 6) is -0.734. The molecule has 3 fully saturated rings. The van der Waals surface area contributed by atoms with Gasteiger partial charge in [-0.2, -0.15) is 30.9 Å². The molecule has 424 valence electrons. The molecule has 0 amide bonds. The number of nitrogens with two attached hydrogens (primary N) is 2. The molecule has 12 atom stereocenters. The number of nitrogens with zero attached hydrogens (tertiary/aromatic N) is 8. The van der Waals surface area contributed by atoms with E-state index in [1.807, 2.05) is 12.1 Å². The molecule has 3 aliphatic heterocycles. The summed E-state index contributed by atoms with van der Waals surface area (Å²) in [6, 6.07) is 24.1. The van der Waals surface area contributed by atoms with Crippen molar-refractivity contribution in [1.29, 1.82) is 10.5 Å². The number of carbonyl (C=O) groups is 3. The molecule has 0 radical (unpaired) electrons. The zero-order valence-electron chi connectivity index (χ0n) is 43.6. The van der Waals surface area contributed by atoms with E-state index in [-0.39, 0.29) is 28.8 Å². The van der Waals surface area contributed by atoms with Crippen molar-refractivity contribution < 1.29 is 80.2 Å². The number of nitriles is 2. The Morgan fingerprint density at radius 1 is 0.688 bits per heavy atom. The van der Waals surface area contributed by atoms with E-state index < -0.39 is 119 Å². The average molecular weight is 1150 g/mol. The van der Waals surface area contributed by atoms with Gasteiger partial charge in [0.25, 0.3) is 0 Å². The molecule has 80 heavy (non-hydrogen) atoms. The van der Waals surface area contributed by atoms with Gasteiger partial charge in [0.1, 0.15) is 97.0 Å². The minimum atomic E-state index is -4.39. The Kier molecular flexibility index (Phi) is 17.4. The summed E-state index contributed by atoms with van der Waals surface area (Å²) in [6.07, 6.45) is -7.44. The van der Waals surface area contributed by atoms with E-state index in [0.29, 0.717) is 16.7 Å². The number of hydrogen-bond acceptors (Lipinski definition) is 25. The molecule has 2 aromatic carbocycles. The minimum Gasteiger partial charge on any atom is -0.462 e. The second-order valence-electron chi connectivity index (χ2n) is 18.8. The molecular weight excluding hydrogens is 1090 g/mol. The van der Waals surface area contributed by atoms with Gasteiger partial charge in [-0.15, -0.1) is 0 Å². The molecule has 9 rings (SSSR count). The highest BCUT2D eigenvalue weighted by Gasteiger charge is 2.65. The van der Waals surface area contributed by atoms with Crippen molar-refractivity contribution >= 4 is 56.3 Å². The largest absolute Gasteiger partial charge is 0.509 e. The third-order valence-corrected chi connectivity index (χ3v) is 15.5. The molecule has 29 nitrogen and oxygen atoms in total. The number of hydrogen-bond donors (Lipinski definition) is 6. The first-order chi connectivity index (χ1) is 38.0. The van der Waals surface area contributed by atoms with Crippen LogP contribution in [-0.2, 0) is 56.2 Å². The highest BCUT2D eigenvalue weighted by molar-refractivity contribution is 7.52. The SMILES string of the molecule is CC(C)OC(=O)[C@H](C)NP(=O)(OC[C@@]1(C#N)O[C@@H](c2ccc3c(N)ncnn23)[C@@H]2OC(=O)O[C@@H]21)Oc1ccccc1.CC(C)OC(=O)[C@H](C)N[P@](=O)(OC[C@@]1(C#N)O[C@@H](c2ccc3c(N)ncnn23)[C@H](O)[C@@H]1O)Oc1ccccc1. The Morgan fingerprint density at radius 2 is 1.12 bits per heavy atom. The Balaban J connectivity index is 0.000000211. The van der Waals surface area contributed by atoms with Crippen LogP contribution < -0.4 is 30.7 Å². The highest BCUT2D eigenvalue weighted by atomic mass is 31.2. The lowest BCUT2D eigenvalue weighted by atomic mass is 9.96. The van der Waals surface area contributed by atoms with Crippen LogP contribution in [-0.4, -0.2) is 131 Å². The first kappa shape index (κ1) is 58.4. The lowest BCUT2D eigenvalue weighted by Crippen LogP contribution is -2.46. The number of nitrogen functional groups attached to an aromatic ring is 2. The molecule has 3 aliphatic rings. The van der Waals surface area contributed by atoms with Crippen LogP contribution in [0.3, 0.4) is 0 Å². The molecule has 31 heteroatoms. The van der Waals surface area contributed by atoms with Gasteiger partial charge in [-0.1, -0.05) is 36.4 Å². The molecule has 8 N–H and O–H groups in total. The van der Waals surface area contributed by atoms with Crippen molar-refractivity contribution in [3.8, 4) is 23.6 Å². The summed E-state index contributed by atoms with van der Waals surface area (Å²) < 4.78 is 86.1. The number of esters is 2. The molecule has 7 heterocycles. The Bertz CT molecular complexity index is 3400. The van der Waals surface area contributed by atoms with Gasteiger partial charge in [-0.25, -0.2) is 32.9 Å². The van der Waals surface area contributed by atoms with Crippen molar-refractivity contribution in [2.75, 3.05) is 24.7 Å². The molecule has 1 unspecified atom stereocenters. The summed E-state index contributed by atoms with van der Waals surface area (Å²) in [6.45, 7) is 7.97. The number of para-hydroxylation sites is 2. The van der Waals surface area contributed by atoms with E-state index in [2.05, 4.69) is 30.3 Å². The van der Waals surface area contributed by atoms with E-state index >= 15 is 0 Å². The molecule has 3 saturated heterocycles. The number of nitrogens with one attached hydrogen (secondary N) is 2. The number of anilines is 2. The van der Waals surface area contributed by atoms with Crippen molar-refractivity contribution in [3.05, 3.63) is 109 Å². The maximum Gasteiger partial charge on any atom is 0.509 e. The van der Waals surface area contributed by atoms with Gasteiger partial charge in [0, 0.05) is 0 Å². The standard InChI is InChI=1S/C25H27N6O9P.C24H29N6O8P/c1-14(2)36-23(32)15(3)30-41(34,40-16-7-5-4-6-8-16)35-12-25(11-26)21-20(37-24(33)38-21)19(39-25)17-9-10-18-22(27)28-13-29-31(17)18;1-14(2)36-23(33)15(3)29-39(34,38-16-7-5-4-6-8-16)35-12-24(11-25)21(32)19(31)20(37-24)17-9-10-18-22(26)27-13-28-30(17)18/h4-10,13-15,19-21H,12H2,1-3H3,(H,30,34)(H2,27,28,29);4-10,13-15,19-21,31-32H,12H2,1-3H3,(H,29,34)(H2,26,27,28)/t15-,19-,20-,21-,25+,41?;15-,19-,20-,21-,24+,39-/m00/s1. The number of benzene rings is 2. The average Bonchev–Trinajstić information content (AvgIpc) is 4.45. The number of ether oxygens (including phenoxy) is 6. The van der Waals surface area contributed by atoms with Crippen LogP contribution in [0, 0.1) is 22.7 Å². The molecule has 0 saturated carbocycles. The molecule has 4 aromatic heterocycles. The lowest BCUT2D eigenvalue weighted by Gasteiger charge is -2.28. The molecular formula is C49H56N12O17P2. The number of carbonyl (C=O) groups excluding carboxylic acids is 3. The van der Waals surface area contributed by atoms with Crippen LogP contribution >= 0.6 is 15.5 Å². The maximum absolute atomic E-state index is 14.0.